The summed E-state index contributed by atoms with van der Waals surface area (Å²) in [5.74, 6) is -1.58. The lowest BCUT2D eigenvalue weighted by atomic mass is 10.3. The number of rotatable bonds is 4. The number of anilines is 2. The normalized spacial score (nSPS) is 10.8. The molecule has 0 aliphatic heterocycles. The number of urea groups is 1. The first-order valence-corrected chi connectivity index (χ1v) is 8.27. The van der Waals surface area contributed by atoms with Crippen LogP contribution in [0.1, 0.15) is 0 Å². The molecule has 0 saturated carbocycles. The van der Waals surface area contributed by atoms with Gasteiger partial charge in [-0.15, -0.1) is 11.3 Å². The third-order valence-corrected chi connectivity index (χ3v) is 4.60. The van der Waals surface area contributed by atoms with Crippen molar-refractivity contribution in [2.24, 2.45) is 5.73 Å². The average molecular weight is 358 g/mol. The maximum atomic E-state index is 13.9. The highest BCUT2D eigenvalue weighted by molar-refractivity contribution is 7.93. The van der Waals surface area contributed by atoms with Crippen LogP contribution >= 0.6 is 11.3 Å². The monoisotopic (exact) mass is 358 g/mol. The maximum Gasteiger partial charge on any atom is 0.326 e. The molecule has 0 spiro atoms. The minimum absolute atomic E-state index is 0.263. The molecular weight excluding hydrogens is 347 g/mol. The Morgan fingerprint density at radius 2 is 2.13 bits per heavy atom. The fourth-order valence-electron chi connectivity index (χ4n) is 1.50. The van der Waals surface area contributed by atoms with Gasteiger partial charge in [-0.3, -0.25) is 20.4 Å². The van der Waals surface area contributed by atoms with E-state index in [0.29, 0.717) is 0 Å². The highest BCUT2D eigenvalue weighted by Crippen LogP contribution is 2.22. The van der Waals surface area contributed by atoms with Crippen molar-refractivity contribution < 1.29 is 17.6 Å². The molecule has 12 heteroatoms. The van der Waals surface area contributed by atoms with Crippen molar-refractivity contribution in [1.29, 1.82) is 5.41 Å². The predicted molar refractivity (Wildman–Crippen MR) is 83.4 cm³/mol. The van der Waals surface area contributed by atoms with Gasteiger partial charge in [0.25, 0.3) is 10.0 Å². The first-order valence-electron chi connectivity index (χ1n) is 5.91. The van der Waals surface area contributed by atoms with E-state index in [1.165, 1.54) is 11.7 Å². The van der Waals surface area contributed by atoms with E-state index in [9.17, 15) is 17.6 Å². The number of benzene rings is 1. The van der Waals surface area contributed by atoms with Gasteiger partial charge < -0.3 is 11.1 Å². The smallest absolute Gasteiger partial charge is 0.326 e. The van der Waals surface area contributed by atoms with Gasteiger partial charge in [0.05, 0.1) is 22.3 Å². The highest BCUT2D eigenvalue weighted by atomic mass is 32.2. The largest absolute Gasteiger partial charge is 0.370 e. The summed E-state index contributed by atoms with van der Waals surface area (Å²) in [5, 5.41) is 11.2. The van der Waals surface area contributed by atoms with Gasteiger partial charge in [-0.1, -0.05) is 0 Å². The summed E-state index contributed by atoms with van der Waals surface area (Å²) in [4.78, 5) is 14.7. The Hall–Kier alpha value is -2.73. The molecule has 2 rings (SSSR count). The Kier molecular flexibility index (Phi) is 4.76. The molecule has 23 heavy (non-hydrogen) atoms. The Bertz CT molecular complexity index is 837. The lowest BCUT2D eigenvalue weighted by molar-refractivity contribution is 0.256. The zero-order valence-electron chi connectivity index (χ0n) is 11.3. The van der Waals surface area contributed by atoms with Gasteiger partial charge in [0.2, 0.25) is 0 Å². The molecular formula is C11H11FN6O3S2. The van der Waals surface area contributed by atoms with E-state index < -0.39 is 27.8 Å². The van der Waals surface area contributed by atoms with Crippen LogP contribution in [0.25, 0.3) is 0 Å². The van der Waals surface area contributed by atoms with Gasteiger partial charge in [-0.2, -0.15) is 0 Å². The summed E-state index contributed by atoms with van der Waals surface area (Å²) >= 11 is 1.07. The molecule has 0 aliphatic rings. The van der Waals surface area contributed by atoms with Gasteiger partial charge in [0.1, 0.15) is 10.8 Å². The zero-order valence-corrected chi connectivity index (χ0v) is 13.0. The van der Waals surface area contributed by atoms with Crippen LogP contribution in [0.15, 0.2) is 34.8 Å². The van der Waals surface area contributed by atoms with Crippen molar-refractivity contribution in [1.82, 2.24) is 10.3 Å². The van der Waals surface area contributed by atoms with Crippen LogP contribution in [0, 0.1) is 11.2 Å². The van der Waals surface area contributed by atoms with Crippen LogP contribution in [0.3, 0.4) is 0 Å². The molecule has 0 saturated heterocycles. The second-order valence-corrected chi connectivity index (χ2v) is 6.67. The number of hydrogen-bond donors (Lipinski definition) is 5. The van der Waals surface area contributed by atoms with Gasteiger partial charge >= 0.3 is 6.03 Å². The molecule has 0 aliphatic carbocycles. The molecule has 2 amide bonds. The molecule has 2 aromatic rings. The van der Waals surface area contributed by atoms with Gasteiger partial charge in [-0.25, -0.2) is 17.6 Å². The van der Waals surface area contributed by atoms with E-state index in [1.54, 1.807) is 0 Å². The highest BCUT2D eigenvalue weighted by Gasteiger charge is 2.18. The molecule has 1 heterocycles. The fourth-order valence-corrected chi connectivity index (χ4v) is 3.32. The third kappa shape index (κ3) is 4.37. The first kappa shape index (κ1) is 16.6. The number of guanidine groups is 1. The molecule has 0 atom stereocenters. The minimum Gasteiger partial charge on any atom is -0.370 e. The van der Waals surface area contributed by atoms with Gasteiger partial charge in [-0.05, 0) is 18.2 Å². The predicted octanol–water partition coefficient (Wildman–Crippen LogP) is 1.10. The van der Waals surface area contributed by atoms with Crippen molar-refractivity contribution >= 4 is 44.0 Å². The van der Waals surface area contributed by atoms with Crippen molar-refractivity contribution in [2.75, 3.05) is 10.0 Å². The SMILES string of the molecule is N=C(N)NC(=O)Nc1ccc(S(=O)(=O)Nc2cncs2)cc1F. The molecule has 0 radical (unpaired) electrons. The van der Waals surface area contributed by atoms with Gasteiger partial charge in [0, 0.05) is 0 Å². The number of nitrogens with zero attached hydrogens (tertiary/aromatic N) is 1. The van der Waals surface area contributed by atoms with E-state index in [-0.39, 0.29) is 15.6 Å². The Morgan fingerprint density at radius 3 is 2.70 bits per heavy atom. The van der Waals surface area contributed by atoms with E-state index in [0.717, 1.165) is 29.5 Å². The van der Waals surface area contributed by atoms with Crippen LogP contribution in [0.5, 0.6) is 0 Å². The summed E-state index contributed by atoms with van der Waals surface area (Å²) in [5.41, 5.74) is 6.14. The van der Waals surface area contributed by atoms with E-state index in [1.807, 2.05) is 5.32 Å². The minimum atomic E-state index is -3.97. The summed E-state index contributed by atoms with van der Waals surface area (Å²) in [7, 11) is -3.97. The Morgan fingerprint density at radius 1 is 1.39 bits per heavy atom. The van der Waals surface area contributed by atoms with Crippen LogP contribution in [0.2, 0.25) is 0 Å². The van der Waals surface area contributed by atoms with Crippen molar-refractivity contribution in [2.45, 2.75) is 4.90 Å². The quantitative estimate of drug-likeness (QED) is 0.409. The molecule has 1 aromatic carbocycles. The Labute approximate surface area is 134 Å². The number of aromatic nitrogens is 1. The maximum absolute atomic E-state index is 13.9. The number of sulfonamides is 1. The molecule has 1 aromatic heterocycles. The average Bonchev–Trinajstić information content (AvgIpc) is 2.92. The number of carbonyl (C=O) groups is 1. The van der Waals surface area contributed by atoms with Crippen molar-refractivity contribution in [3.05, 3.63) is 35.7 Å². The second-order valence-electron chi connectivity index (χ2n) is 4.11. The summed E-state index contributed by atoms with van der Waals surface area (Å²) < 4.78 is 40.3. The fraction of sp³-hybridized carbons (Fsp3) is 0. The number of nitrogens with one attached hydrogen (secondary N) is 4. The second kappa shape index (κ2) is 6.58. The van der Waals surface area contributed by atoms with E-state index >= 15 is 0 Å². The third-order valence-electron chi connectivity index (χ3n) is 2.41. The zero-order chi connectivity index (χ0) is 17.0. The lowest BCUT2D eigenvalue weighted by Crippen LogP contribution is -2.38. The van der Waals surface area contributed by atoms with E-state index in [2.05, 4.69) is 15.0 Å². The number of hydrogen-bond acceptors (Lipinski definition) is 6. The molecule has 6 N–H and O–H groups in total. The standard InChI is InChI=1S/C11H11FN6O3S2/c12-7-3-6(23(20,21)18-9-4-15-5-22-9)1-2-8(7)16-11(19)17-10(13)14/h1-5,18H,(H5,13,14,16,17,19). The topological polar surface area (TPSA) is 150 Å². The number of nitrogens with two attached hydrogens (primary N) is 1. The molecule has 0 unspecified atom stereocenters. The Balaban J connectivity index is 2.18. The van der Waals surface area contributed by atoms with Crippen molar-refractivity contribution in [3.8, 4) is 0 Å². The summed E-state index contributed by atoms with van der Waals surface area (Å²) in [6, 6.07) is 2.04. The van der Waals surface area contributed by atoms with Crippen molar-refractivity contribution in [3.63, 3.8) is 0 Å². The summed E-state index contributed by atoms with van der Waals surface area (Å²) in [6.45, 7) is 0. The number of halogens is 1. The first-order chi connectivity index (χ1) is 10.8. The van der Waals surface area contributed by atoms with Gasteiger partial charge in [0.15, 0.2) is 5.96 Å². The molecule has 9 nitrogen and oxygen atoms in total. The van der Waals surface area contributed by atoms with Crippen LogP contribution in [-0.4, -0.2) is 25.4 Å². The van der Waals surface area contributed by atoms with Crippen LogP contribution in [0.4, 0.5) is 19.9 Å². The summed E-state index contributed by atoms with van der Waals surface area (Å²) in [6.07, 6.45) is 1.32. The lowest BCUT2D eigenvalue weighted by Gasteiger charge is -2.09. The molecule has 122 valence electrons. The van der Waals surface area contributed by atoms with Crippen LogP contribution in [-0.2, 0) is 10.0 Å². The number of carbonyl (C=O) groups excluding carboxylic acids is 1. The molecule has 0 fully saturated rings. The van der Waals surface area contributed by atoms with Crippen LogP contribution < -0.4 is 21.1 Å². The number of amides is 2. The number of thiazole rings is 1. The van der Waals surface area contributed by atoms with E-state index in [4.69, 9.17) is 11.1 Å². The molecule has 0 bridgehead atoms.